The van der Waals surface area contributed by atoms with E-state index < -0.39 is 0 Å². The fourth-order valence-electron chi connectivity index (χ4n) is 4.12. The highest BCUT2D eigenvalue weighted by Gasteiger charge is 2.13. The average Bonchev–Trinajstić information content (AvgIpc) is 3.47. The molecule has 170 valence electrons. The van der Waals surface area contributed by atoms with E-state index in [1.807, 2.05) is 40.2 Å². The summed E-state index contributed by atoms with van der Waals surface area (Å²) < 4.78 is 1.93. The van der Waals surface area contributed by atoms with Crippen LogP contribution < -0.4 is 10.3 Å². The normalized spacial score (nSPS) is 13.9. The average molecular weight is 469 g/mol. The van der Waals surface area contributed by atoms with E-state index in [0.29, 0.717) is 5.56 Å². The van der Waals surface area contributed by atoms with Crippen LogP contribution in [0.3, 0.4) is 0 Å². The number of fused-ring (bicyclic) bond motifs is 1. The molecule has 0 spiro atoms. The molecule has 1 N–H and O–H groups in total. The zero-order chi connectivity index (χ0) is 23.3. The number of nitriles is 1. The number of rotatable bonds is 6. The molecule has 2 aromatic carbocycles. The monoisotopic (exact) mass is 468 g/mol. The molecular weight excluding hydrogens is 444 g/mol. The zero-order valence-electron chi connectivity index (χ0n) is 18.6. The van der Waals surface area contributed by atoms with Crippen LogP contribution in [0.4, 0.5) is 5.69 Å². The number of imidazole rings is 1. The van der Waals surface area contributed by atoms with E-state index in [-0.39, 0.29) is 12.3 Å². The highest BCUT2D eigenvalue weighted by Crippen LogP contribution is 2.24. The predicted octanol–water partition coefficient (Wildman–Crippen LogP) is 4.62. The molecule has 1 amide bonds. The van der Waals surface area contributed by atoms with Gasteiger partial charge in [-0.25, -0.2) is 10.4 Å². The molecule has 2 aromatic heterocycles. The number of aromatic nitrogens is 2. The topological polar surface area (TPSA) is 85.8 Å². The maximum Gasteiger partial charge on any atom is 0.246 e. The van der Waals surface area contributed by atoms with Crippen molar-refractivity contribution in [1.29, 1.82) is 5.26 Å². The van der Waals surface area contributed by atoms with Crippen LogP contribution in [0.15, 0.2) is 65.2 Å². The van der Waals surface area contributed by atoms with Gasteiger partial charge in [0, 0.05) is 41.6 Å². The highest BCUT2D eigenvalue weighted by atomic mass is 32.1. The van der Waals surface area contributed by atoms with Gasteiger partial charge in [-0.2, -0.15) is 10.4 Å². The molecule has 1 saturated heterocycles. The molecule has 3 heterocycles. The number of hydrogen-bond acceptors (Lipinski definition) is 6. The van der Waals surface area contributed by atoms with E-state index in [9.17, 15) is 4.79 Å². The lowest BCUT2D eigenvalue weighted by Crippen LogP contribution is -2.29. The van der Waals surface area contributed by atoms with Crippen molar-refractivity contribution in [3.8, 4) is 17.3 Å². The van der Waals surface area contributed by atoms with E-state index >= 15 is 0 Å². The molecule has 7 nitrogen and oxygen atoms in total. The maximum atomic E-state index is 12.5. The van der Waals surface area contributed by atoms with Crippen molar-refractivity contribution >= 4 is 34.1 Å². The Bertz CT molecular complexity index is 1360. The van der Waals surface area contributed by atoms with Crippen molar-refractivity contribution in [1.82, 2.24) is 14.8 Å². The molecule has 0 unspecified atom stereocenters. The standard InChI is InChI=1S/C26H24N6OS/c27-15-19-4-8-21(9-5-19)24-17-32-23(18-34-26(32)29-24)14-25(33)30-28-16-20-6-10-22(11-7-20)31-12-2-1-3-13-31/h4-11,16-18H,1-3,12-14H2,(H,30,33)/b28-16+. The Balaban J connectivity index is 1.19. The summed E-state index contributed by atoms with van der Waals surface area (Å²) in [6.07, 6.45) is 7.61. The second-order valence-corrected chi connectivity index (χ2v) is 9.14. The lowest BCUT2D eigenvalue weighted by Gasteiger charge is -2.28. The number of carbonyl (C=O) groups is 1. The molecule has 1 aliphatic rings. The minimum Gasteiger partial charge on any atom is -0.372 e. The third-order valence-electron chi connectivity index (χ3n) is 5.95. The third-order valence-corrected chi connectivity index (χ3v) is 6.84. The largest absolute Gasteiger partial charge is 0.372 e. The van der Waals surface area contributed by atoms with Crippen molar-refractivity contribution in [2.24, 2.45) is 5.10 Å². The van der Waals surface area contributed by atoms with Crippen LogP contribution in [0, 0.1) is 11.3 Å². The van der Waals surface area contributed by atoms with E-state index in [0.717, 1.165) is 40.6 Å². The number of hydrogen-bond donors (Lipinski definition) is 1. The molecule has 1 fully saturated rings. The molecule has 0 aliphatic carbocycles. The number of thiazole rings is 1. The summed E-state index contributed by atoms with van der Waals surface area (Å²) in [4.78, 5) is 20.3. The smallest absolute Gasteiger partial charge is 0.246 e. The number of hydrazone groups is 1. The van der Waals surface area contributed by atoms with E-state index in [1.165, 1.54) is 36.3 Å². The number of nitrogens with zero attached hydrogens (tertiary/aromatic N) is 5. The van der Waals surface area contributed by atoms with Gasteiger partial charge in [0.15, 0.2) is 4.96 Å². The van der Waals surface area contributed by atoms with Gasteiger partial charge < -0.3 is 4.90 Å². The summed E-state index contributed by atoms with van der Waals surface area (Å²) in [5.74, 6) is -0.186. The molecule has 4 aromatic rings. The van der Waals surface area contributed by atoms with Crippen molar-refractivity contribution in [2.75, 3.05) is 18.0 Å². The number of piperidine rings is 1. The van der Waals surface area contributed by atoms with Gasteiger partial charge in [-0.05, 0) is 49.1 Å². The molecule has 8 heteroatoms. The molecule has 0 saturated carbocycles. The Labute approximate surface area is 202 Å². The number of amides is 1. The molecular formula is C26H24N6OS. The first kappa shape index (κ1) is 21.9. The molecule has 0 bridgehead atoms. The first-order valence-electron chi connectivity index (χ1n) is 11.3. The summed E-state index contributed by atoms with van der Waals surface area (Å²) in [6, 6.07) is 17.7. The number of benzene rings is 2. The van der Waals surface area contributed by atoms with Crippen LogP contribution in [-0.4, -0.2) is 34.6 Å². The molecule has 1 aliphatic heterocycles. The Hall–Kier alpha value is -3.96. The van der Waals surface area contributed by atoms with Gasteiger partial charge >= 0.3 is 0 Å². The predicted molar refractivity (Wildman–Crippen MR) is 135 cm³/mol. The van der Waals surface area contributed by atoms with Crippen LogP contribution in [0.2, 0.25) is 0 Å². The van der Waals surface area contributed by atoms with Crippen molar-refractivity contribution in [2.45, 2.75) is 25.7 Å². The summed E-state index contributed by atoms with van der Waals surface area (Å²) in [5.41, 5.74) is 8.01. The lowest BCUT2D eigenvalue weighted by molar-refractivity contribution is -0.120. The third kappa shape index (κ3) is 4.85. The molecule has 0 atom stereocenters. The summed E-state index contributed by atoms with van der Waals surface area (Å²) in [7, 11) is 0. The number of nitrogens with one attached hydrogen (secondary N) is 1. The van der Waals surface area contributed by atoms with Crippen molar-refractivity contribution in [3.05, 3.63) is 76.9 Å². The summed E-state index contributed by atoms with van der Waals surface area (Å²) >= 11 is 1.49. The second-order valence-electron chi connectivity index (χ2n) is 8.30. The molecule has 0 radical (unpaired) electrons. The SMILES string of the molecule is N#Cc1ccc(-c2cn3c(CC(=O)N/N=C/c4ccc(N5CCCCC5)cc4)csc3n2)cc1. The van der Waals surface area contributed by atoms with Crippen LogP contribution in [-0.2, 0) is 11.2 Å². The van der Waals surface area contributed by atoms with Crippen LogP contribution in [0.25, 0.3) is 16.2 Å². The Morgan fingerprint density at radius 2 is 1.88 bits per heavy atom. The quantitative estimate of drug-likeness (QED) is 0.331. The fourth-order valence-corrected chi connectivity index (χ4v) is 4.99. The molecule has 5 rings (SSSR count). The van der Waals surface area contributed by atoms with Gasteiger partial charge in [-0.3, -0.25) is 9.20 Å². The lowest BCUT2D eigenvalue weighted by atomic mass is 10.1. The first-order valence-corrected chi connectivity index (χ1v) is 12.2. The van der Waals surface area contributed by atoms with Crippen molar-refractivity contribution < 1.29 is 4.79 Å². The van der Waals surface area contributed by atoms with Gasteiger partial charge in [-0.15, -0.1) is 11.3 Å². The first-order chi connectivity index (χ1) is 16.7. The van der Waals surface area contributed by atoms with E-state index in [1.54, 1.807) is 18.3 Å². The minimum atomic E-state index is -0.186. The number of carbonyl (C=O) groups excluding carboxylic acids is 1. The van der Waals surface area contributed by atoms with Crippen LogP contribution >= 0.6 is 11.3 Å². The van der Waals surface area contributed by atoms with E-state index in [4.69, 9.17) is 5.26 Å². The Morgan fingerprint density at radius 1 is 1.12 bits per heavy atom. The maximum absolute atomic E-state index is 12.5. The van der Waals surface area contributed by atoms with Gasteiger partial charge in [-0.1, -0.05) is 24.3 Å². The van der Waals surface area contributed by atoms with Crippen molar-refractivity contribution in [3.63, 3.8) is 0 Å². The van der Waals surface area contributed by atoms with Crippen LogP contribution in [0.1, 0.15) is 36.1 Å². The Morgan fingerprint density at radius 3 is 2.62 bits per heavy atom. The fraction of sp³-hybridized carbons (Fsp3) is 0.231. The van der Waals surface area contributed by atoms with Gasteiger partial charge in [0.1, 0.15) is 0 Å². The van der Waals surface area contributed by atoms with Gasteiger partial charge in [0.25, 0.3) is 0 Å². The highest BCUT2D eigenvalue weighted by molar-refractivity contribution is 7.15. The Kier molecular flexibility index (Phi) is 6.36. The molecule has 34 heavy (non-hydrogen) atoms. The zero-order valence-corrected chi connectivity index (χ0v) is 19.5. The summed E-state index contributed by atoms with van der Waals surface area (Å²) in [5, 5.41) is 15.0. The second kappa shape index (κ2) is 9.89. The van der Waals surface area contributed by atoms with Gasteiger partial charge in [0.05, 0.1) is 30.0 Å². The van der Waals surface area contributed by atoms with Crippen LogP contribution in [0.5, 0.6) is 0 Å². The van der Waals surface area contributed by atoms with Gasteiger partial charge in [0.2, 0.25) is 5.91 Å². The number of anilines is 1. The van der Waals surface area contributed by atoms with E-state index in [2.05, 4.69) is 38.6 Å². The summed E-state index contributed by atoms with van der Waals surface area (Å²) in [6.45, 7) is 2.23. The minimum absolute atomic E-state index is 0.186.